The van der Waals surface area contributed by atoms with Crippen molar-refractivity contribution >= 4 is 23.2 Å². The molecule has 0 aromatic heterocycles. The van der Waals surface area contributed by atoms with Crippen LogP contribution >= 0.6 is 7.26 Å². The van der Waals surface area contributed by atoms with E-state index in [0.29, 0.717) is 0 Å². The van der Waals surface area contributed by atoms with Gasteiger partial charge in [0.1, 0.15) is 23.2 Å². The van der Waals surface area contributed by atoms with E-state index < -0.39 is 13.1 Å². The minimum Gasteiger partial charge on any atom is -0.358 e. The van der Waals surface area contributed by atoms with Gasteiger partial charge in [-0.3, -0.25) is 0 Å². The molecule has 0 amide bonds. The Bertz CT molecular complexity index is 789. The fourth-order valence-corrected chi connectivity index (χ4v) is 9.17. The Morgan fingerprint density at radius 1 is 0.654 bits per heavy atom. The van der Waals surface area contributed by atoms with Gasteiger partial charge in [-0.1, -0.05) is 61.5 Å². The third kappa shape index (κ3) is 3.00. The first-order valence-electron chi connectivity index (χ1n) is 9.28. The van der Waals surface area contributed by atoms with Crippen molar-refractivity contribution in [1.82, 2.24) is 0 Å². The molecule has 0 saturated carbocycles. The van der Waals surface area contributed by atoms with Crippen LogP contribution in [0, 0.1) is 20.8 Å². The van der Waals surface area contributed by atoms with Crippen LogP contribution in [-0.2, 0) is 0 Å². The highest BCUT2D eigenvalue weighted by atomic mass is 31.2. The summed E-state index contributed by atoms with van der Waals surface area (Å²) in [5, 5.41) is 15.4. The summed E-state index contributed by atoms with van der Waals surface area (Å²) in [6, 6.07) is 25.8. The first-order valence-corrected chi connectivity index (χ1v) is 11.1. The predicted octanol–water partition coefficient (Wildman–Crippen LogP) is 4.63. The second-order valence-corrected chi connectivity index (χ2v) is 10.5. The van der Waals surface area contributed by atoms with Crippen molar-refractivity contribution in [2.24, 2.45) is 0 Å². The average Bonchev–Trinajstić information content (AvgIpc) is 2.65. The molecule has 1 nitrogen and oxygen atoms in total. The fraction of sp³-hybridized carbons (Fsp3) is 0.250. The molecule has 26 heavy (non-hydrogen) atoms. The highest BCUT2D eigenvalue weighted by Crippen LogP contribution is 2.61. The molecule has 3 rings (SSSR count). The van der Waals surface area contributed by atoms with E-state index in [1.54, 1.807) is 0 Å². The maximum atomic E-state index is 11.6. The van der Waals surface area contributed by atoms with Gasteiger partial charge in [0.2, 0.25) is 0 Å². The van der Waals surface area contributed by atoms with Crippen LogP contribution in [0.25, 0.3) is 0 Å². The molecular formula is C24H28OP+. The smallest absolute Gasteiger partial charge is 0.178 e. The van der Waals surface area contributed by atoms with Crippen molar-refractivity contribution in [1.29, 1.82) is 0 Å². The Morgan fingerprint density at radius 2 is 0.962 bits per heavy atom. The molecule has 0 aliphatic carbocycles. The maximum Gasteiger partial charge on any atom is 0.178 e. The van der Waals surface area contributed by atoms with Crippen LogP contribution in [0.5, 0.6) is 0 Å². The van der Waals surface area contributed by atoms with Crippen molar-refractivity contribution in [3.05, 3.63) is 89.5 Å². The van der Waals surface area contributed by atoms with Crippen LogP contribution in [0.15, 0.2) is 72.8 Å². The number of aliphatic hydroxyl groups excluding tert-OH is 1. The molecule has 0 fully saturated rings. The van der Waals surface area contributed by atoms with Gasteiger partial charge in [0, 0.05) is 6.42 Å². The van der Waals surface area contributed by atoms with E-state index in [0.717, 1.165) is 6.42 Å². The Morgan fingerprint density at radius 3 is 1.23 bits per heavy atom. The van der Waals surface area contributed by atoms with E-state index in [-0.39, 0.29) is 0 Å². The molecule has 3 aromatic carbocycles. The standard InChI is InChI=1S/C24H28OP/c1-5-24(25)26(21-15-9-6-12-18(21)2,22-16-10-7-13-19(22)3)23-17-11-8-14-20(23)4/h6-17,24-25H,5H2,1-4H3/q+1. The van der Waals surface area contributed by atoms with E-state index >= 15 is 0 Å². The summed E-state index contributed by atoms with van der Waals surface area (Å²) in [6.45, 7) is 8.60. The highest BCUT2D eigenvalue weighted by Gasteiger charge is 2.53. The number of benzene rings is 3. The van der Waals surface area contributed by atoms with Gasteiger partial charge < -0.3 is 5.11 Å². The summed E-state index contributed by atoms with van der Waals surface area (Å²) in [6.07, 6.45) is 0.727. The third-order valence-electron chi connectivity index (χ3n) is 5.30. The minimum absolute atomic E-state index is 0.411. The van der Waals surface area contributed by atoms with Gasteiger partial charge in [-0.25, -0.2) is 0 Å². The number of rotatable bonds is 5. The largest absolute Gasteiger partial charge is 0.358 e. The van der Waals surface area contributed by atoms with E-state index in [9.17, 15) is 5.11 Å². The average molecular weight is 363 g/mol. The van der Waals surface area contributed by atoms with Crippen molar-refractivity contribution < 1.29 is 5.11 Å². The van der Waals surface area contributed by atoms with E-state index in [4.69, 9.17) is 0 Å². The molecule has 0 radical (unpaired) electrons. The quantitative estimate of drug-likeness (QED) is 0.655. The Labute approximate surface area is 158 Å². The SMILES string of the molecule is CCC(O)[P+](c1ccccc1C)(c1ccccc1C)c1ccccc1C. The molecule has 3 aromatic rings. The Hall–Kier alpha value is -1.95. The lowest BCUT2D eigenvalue weighted by atomic mass is 10.2. The van der Waals surface area contributed by atoms with Crippen LogP contribution in [0.4, 0.5) is 0 Å². The molecule has 0 saturated heterocycles. The van der Waals surface area contributed by atoms with Gasteiger partial charge in [0.05, 0.1) is 0 Å². The maximum absolute atomic E-state index is 11.6. The van der Waals surface area contributed by atoms with Crippen molar-refractivity contribution in [2.45, 2.75) is 40.0 Å². The zero-order valence-corrected chi connectivity index (χ0v) is 17.0. The van der Waals surface area contributed by atoms with Gasteiger partial charge >= 0.3 is 0 Å². The van der Waals surface area contributed by atoms with E-state index in [1.165, 1.54) is 32.6 Å². The highest BCUT2D eigenvalue weighted by molar-refractivity contribution is 7.96. The first kappa shape index (κ1) is 18.8. The van der Waals surface area contributed by atoms with Gasteiger partial charge in [0.15, 0.2) is 5.85 Å². The topological polar surface area (TPSA) is 20.2 Å². The lowest BCUT2D eigenvalue weighted by molar-refractivity contribution is 0.253. The molecule has 134 valence electrons. The predicted molar refractivity (Wildman–Crippen MR) is 116 cm³/mol. The molecule has 0 aliphatic heterocycles. The van der Waals surface area contributed by atoms with Gasteiger partial charge in [-0.2, -0.15) is 0 Å². The van der Waals surface area contributed by atoms with Crippen LogP contribution in [0.1, 0.15) is 30.0 Å². The third-order valence-corrected chi connectivity index (χ3v) is 10.3. The summed E-state index contributed by atoms with van der Waals surface area (Å²) in [7, 11) is -2.20. The summed E-state index contributed by atoms with van der Waals surface area (Å²) < 4.78 is 0. The zero-order chi connectivity index (χ0) is 18.7. The number of hydrogen-bond acceptors (Lipinski definition) is 1. The van der Waals surface area contributed by atoms with Crippen molar-refractivity contribution in [3.8, 4) is 0 Å². The molecule has 1 unspecified atom stereocenters. The lowest BCUT2D eigenvalue weighted by Gasteiger charge is -2.34. The van der Waals surface area contributed by atoms with Crippen LogP contribution in [0.3, 0.4) is 0 Å². The fourth-order valence-electron chi connectivity index (χ4n) is 4.02. The van der Waals surface area contributed by atoms with Crippen molar-refractivity contribution in [3.63, 3.8) is 0 Å². The minimum atomic E-state index is -2.20. The number of aryl methyl sites for hydroxylation is 3. The summed E-state index contributed by atoms with van der Waals surface area (Å²) >= 11 is 0. The molecule has 2 heteroatoms. The Balaban J connectivity index is 2.50. The molecular weight excluding hydrogens is 335 g/mol. The second-order valence-electron chi connectivity index (χ2n) is 6.97. The summed E-state index contributed by atoms with van der Waals surface area (Å²) in [5.41, 5.74) is 3.75. The monoisotopic (exact) mass is 363 g/mol. The van der Waals surface area contributed by atoms with Crippen molar-refractivity contribution in [2.75, 3.05) is 0 Å². The molecule has 0 heterocycles. The second kappa shape index (κ2) is 7.74. The van der Waals surface area contributed by atoms with Gasteiger partial charge in [-0.15, -0.1) is 0 Å². The van der Waals surface area contributed by atoms with E-state index in [2.05, 4.69) is 100 Å². The summed E-state index contributed by atoms with van der Waals surface area (Å²) in [4.78, 5) is 0. The normalized spacial score (nSPS) is 12.8. The number of hydrogen-bond donors (Lipinski definition) is 1. The van der Waals surface area contributed by atoms with Crippen LogP contribution in [0.2, 0.25) is 0 Å². The van der Waals surface area contributed by atoms with Gasteiger partial charge in [-0.05, 0) is 55.7 Å². The van der Waals surface area contributed by atoms with Crippen LogP contribution < -0.4 is 15.9 Å². The molecule has 1 atom stereocenters. The number of aliphatic hydroxyl groups is 1. The van der Waals surface area contributed by atoms with Gasteiger partial charge in [0.25, 0.3) is 0 Å². The zero-order valence-electron chi connectivity index (χ0n) is 16.1. The summed E-state index contributed by atoms with van der Waals surface area (Å²) in [5.74, 6) is -0.411. The van der Waals surface area contributed by atoms with E-state index in [1.807, 2.05) is 0 Å². The molecule has 0 spiro atoms. The molecule has 0 aliphatic rings. The lowest BCUT2D eigenvalue weighted by Crippen LogP contribution is -2.41. The molecule has 1 N–H and O–H groups in total. The molecule has 0 bridgehead atoms. The van der Waals surface area contributed by atoms with Crippen LogP contribution in [-0.4, -0.2) is 11.0 Å². The Kier molecular flexibility index (Phi) is 5.61. The first-order chi connectivity index (χ1) is 12.5.